The largest absolute Gasteiger partial charge is 0.453 e. The summed E-state index contributed by atoms with van der Waals surface area (Å²) in [6.07, 6.45) is 1.05. The second-order valence-electron chi connectivity index (χ2n) is 4.87. The topological polar surface area (TPSA) is 74.8 Å². The zero-order chi connectivity index (χ0) is 15.2. The normalized spacial score (nSPS) is 17.1. The van der Waals surface area contributed by atoms with Crippen molar-refractivity contribution in [3.05, 3.63) is 24.4 Å². The van der Waals surface area contributed by atoms with Gasteiger partial charge in [0.05, 0.1) is 13.2 Å². The molecule has 1 aliphatic heterocycles. The van der Waals surface area contributed by atoms with E-state index in [1.807, 2.05) is 23.1 Å². The highest BCUT2D eigenvalue weighted by molar-refractivity contribution is 5.94. The first-order chi connectivity index (χ1) is 10.1. The summed E-state index contributed by atoms with van der Waals surface area (Å²) >= 11 is 0. The molecule has 2 rings (SSSR count). The van der Waals surface area contributed by atoms with Crippen LogP contribution < -0.4 is 10.2 Å². The van der Waals surface area contributed by atoms with Gasteiger partial charge in [-0.15, -0.1) is 0 Å². The lowest BCUT2D eigenvalue weighted by molar-refractivity contribution is -0.125. The van der Waals surface area contributed by atoms with Gasteiger partial charge in [0, 0.05) is 32.4 Å². The Morgan fingerprint density at radius 2 is 2.00 bits per heavy atom. The number of alkyl carbamates (subject to hydrolysis) is 1. The van der Waals surface area contributed by atoms with Crippen LogP contribution in [0.5, 0.6) is 0 Å². The fraction of sp³-hybridized carbons (Fsp3) is 0.500. The Morgan fingerprint density at radius 3 is 2.57 bits per heavy atom. The number of rotatable bonds is 3. The van der Waals surface area contributed by atoms with Crippen molar-refractivity contribution in [3.8, 4) is 0 Å². The Morgan fingerprint density at radius 1 is 1.29 bits per heavy atom. The molecular formula is C14H20N4O3. The lowest BCUT2D eigenvalue weighted by atomic mass is 10.2. The zero-order valence-electron chi connectivity index (χ0n) is 12.3. The second-order valence-corrected chi connectivity index (χ2v) is 4.87. The predicted octanol–water partition coefficient (Wildman–Crippen LogP) is 0.475. The minimum Gasteiger partial charge on any atom is -0.453 e. The summed E-state index contributed by atoms with van der Waals surface area (Å²) in [5, 5.41) is 2.20. The van der Waals surface area contributed by atoms with Gasteiger partial charge in [-0.3, -0.25) is 15.0 Å². The van der Waals surface area contributed by atoms with E-state index < -0.39 is 6.09 Å². The number of piperazine rings is 1. The number of anilines is 1. The van der Waals surface area contributed by atoms with Gasteiger partial charge in [0.1, 0.15) is 5.82 Å². The highest BCUT2D eigenvalue weighted by Crippen LogP contribution is 2.14. The van der Waals surface area contributed by atoms with Gasteiger partial charge >= 0.3 is 6.09 Å². The molecule has 1 fully saturated rings. The number of hydrogen-bond donors (Lipinski definition) is 1. The average molecular weight is 292 g/mol. The van der Waals surface area contributed by atoms with Gasteiger partial charge in [-0.25, -0.2) is 9.78 Å². The molecule has 21 heavy (non-hydrogen) atoms. The molecule has 0 radical (unpaired) electrons. The Kier molecular flexibility index (Phi) is 5.10. The summed E-state index contributed by atoms with van der Waals surface area (Å²) in [6, 6.07) is 5.46. The summed E-state index contributed by atoms with van der Waals surface area (Å²) in [4.78, 5) is 31.5. The lowest BCUT2D eigenvalue weighted by Gasteiger charge is -2.37. The number of pyridine rings is 1. The summed E-state index contributed by atoms with van der Waals surface area (Å²) in [6.45, 7) is 4.87. The SMILES string of the molecule is COC(=O)NC(=O)[C@@H](C)N1CCN(c2ccccn2)CC1. The van der Waals surface area contributed by atoms with Crippen LogP contribution in [0.15, 0.2) is 24.4 Å². The first-order valence-electron chi connectivity index (χ1n) is 6.90. The summed E-state index contributed by atoms with van der Waals surface area (Å²) in [5.74, 6) is 0.608. The van der Waals surface area contributed by atoms with Crippen LogP contribution in [0.25, 0.3) is 0 Å². The van der Waals surface area contributed by atoms with Gasteiger partial charge in [-0.2, -0.15) is 0 Å². The molecule has 7 nitrogen and oxygen atoms in total. The van der Waals surface area contributed by atoms with Crippen molar-refractivity contribution in [1.82, 2.24) is 15.2 Å². The molecule has 114 valence electrons. The third-order valence-electron chi connectivity index (χ3n) is 3.63. The van der Waals surface area contributed by atoms with Crippen molar-refractivity contribution < 1.29 is 14.3 Å². The van der Waals surface area contributed by atoms with Crippen molar-refractivity contribution in [2.24, 2.45) is 0 Å². The van der Waals surface area contributed by atoms with Crippen LogP contribution in [0.4, 0.5) is 10.6 Å². The third-order valence-corrected chi connectivity index (χ3v) is 3.63. The number of aromatic nitrogens is 1. The zero-order valence-corrected chi connectivity index (χ0v) is 12.3. The molecule has 0 aliphatic carbocycles. The third kappa shape index (κ3) is 3.91. The van der Waals surface area contributed by atoms with Crippen LogP contribution in [0.1, 0.15) is 6.92 Å². The van der Waals surface area contributed by atoms with Gasteiger partial charge in [0.25, 0.3) is 0 Å². The molecule has 1 aromatic heterocycles. The van der Waals surface area contributed by atoms with Crippen molar-refractivity contribution in [2.45, 2.75) is 13.0 Å². The fourth-order valence-corrected chi connectivity index (χ4v) is 2.30. The molecule has 1 aliphatic rings. The second kappa shape index (κ2) is 7.03. The number of carbonyl (C=O) groups excluding carboxylic acids is 2. The number of methoxy groups -OCH3 is 1. The van der Waals surface area contributed by atoms with Crippen molar-refractivity contribution in [3.63, 3.8) is 0 Å². The lowest BCUT2D eigenvalue weighted by Crippen LogP contribution is -2.54. The number of hydrogen-bond acceptors (Lipinski definition) is 6. The van der Waals surface area contributed by atoms with Crippen LogP contribution in [0, 0.1) is 0 Å². The van der Waals surface area contributed by atoms with E-state index in [0.29, 0.717) is 0 Å². The summed E-state index contributed by atoms with van der Waals surface area (Å²) in [7, 11) is 1.24. The van der Waals surface area contributed by atoms with E-state index >= 15 is 0 Å². The number of carbonyl (C=O) groups is 2. The maximum Gasteiger partial charge on any atom is 0.413 e. The van der Waals surface area contributed by atoms with E-state index in [2.05, 4.69) is 19.9 Å². The number of ether oxygens (including phenoxy) is 1. The molecule has 0 spiro atoms. The first-order valence-corrected chi connectivity index (χ1v) is 6.90. The Labute approximate surface area is 123 Å². The number of nitrogens with one attached hydrogen (secondary N) is 1. The van der Waals surface area contributed by atoms with Crippen molar-refractivity contribution >= 4 is 17.8 Å². The van der Waals surface area contributed by atoms with Crippen LogP contribution in [-0.4, -0.2) is 61.2 Å². The quantitative estimate of drug-likeness (QED) is 0.873. The van der Waals surface area contributed by atoms with Crippen LogP contribution in [-0.2, 0) is 9.53 Å². The predicted molar refractivity (Wildman–Crippen MR) is 78.0 cm³/mol. The molecule has 2 amide bonds. The molecular weight excluding hydrogens is 272 g/mol. The van der Waals surface area contributed by atoms with E-state index in [0.717, 1.165) is 32.0 Å². The van der Waals surface area contributed by atoms with Crippen molar-refractivity contribution in [2.75, 3.05) is 38.2 Å². The molecule has 0 saturated carbocycles. The minimum absolute atomic E-state index is 0.340. The molecule has 0 aromatic carbocycles. The van der Waals surface area contributed by atoms with E-state index in [1.165, 1.54) is 7.11 Å². The van der Waals surface area contributed by atoms with Crippen molar-refractivity contribution in [1.29, 1.82) is 0 Å². The Hall–Kier alpha value is -2.15. The van der Waals surface area contributed by atoms with Gasteiger partial charge in [0.15, 0.2) is 0 Å². The molecule has 0 bridgehead atoms. The smallest absolute Gasteiger partial charge is 0.413 e. The molecule has 1 aromatic rings. The van der Waals surface area contributed by atoms with Crippen LogP contribution >= 0.6 is 0 Å². The molecule has 1 N–H and O–H groups in total. The fourth-order valence-electron chi connectivity index (χ4n) is 2.30. The van der Waals surface area contributed by atoms with Crippen LogP contribution in [0.3, 0.4) is 0 Å². The van der Waals surface area contributed by atoms with E-state index in [4.69, 9.17) is 0 Å². The maximum atomic E-state index is 11.9. The standard InChI is InChI=1S/C14H20N4O3/c1-11(13(19)16-14(20)21-2)17-7-9-18(10-8-17)12-5-3-4-6-15-12/h3-6,11H,7-10H2,1-2H3,(H,16,19,20)/t11-/m1/s1. The average Bonchev–Trinajstić information content (AvgIpc) is 2.55. The highest BCUT2D eigenvalue weighted by atomic mass is 16.5. The number of imide groups is 1. The van der Waals surface area contributed by atoms with Crippen LogP contribution in [0.2, 0.25) is 0 Å². The molecule has 1 atom stereocenters. The molecule has 1 saturated heterocycles. The maximum absolute atomic E-state index is 11.9. The number of nitrogens with zero attached hydrogens (tertiary/aromatic N) is 3. The monoisotopic (exact) mass is 292 g/mol. The Balaban J connectivity index is 1.86. The van der Waals surface area contributed by atoms with E-state index in [-0.39, 0.29) is 11.9 Å². The van der Waals surface area contributed by atoms with E-state index in [1.54, 1.807) is 13.1 Å². The molecule has 0 unspecified atom stereocenters. The molecule has 2 heterocycles. The van der Waals surface area contributed by atoms with Gasteiger partial charge in [-0.1, -0.05) is 6.07 Å². The highest BCUT2D eigenvalue weighted by Gasteiger charge is 2.26. The van der Waals surface area contributed by atoms with Gasteiger partial charge in [0.2, 0.25) is 5.91 Å². The van der Waals surface area contributed by atoms with Gasteiger partial charge in [-0.05, 0) is 19.1 Å². The minimum atomic E-state index is -0.723. The summed E-state index contributed by atoms with van der Waals surface area (Å²) in [5.41, 5.74) is 0. The van der Waals surface area contributed by atoms with Gasteiger partial charge < -0.3 is 9.64 Å². The Bertz CT molecular complexity index is 486. The molecule has 7 heteroatoms. The first kappa shape index (κ1) is 15.2. The summed E-state index contributed by atoms with van der Waals surface area (Å²) < 4.78 is 4.43. The van der Waals surface area contributed by atoms with E-state index in [9.17, 15) is 9.59 Å². The number of amides is 2.